The van der Waals surface area contributed by atoms with Crippen LogP contribution in [0.5, 0.6) is 0 Å². The van der Waals surface area contributed by atoms with Gasteiger partial charge in [0.05, 0.1) is 24.7 Å². The highest BCUT2D eigenvalue weighted by Gasteiger charge is 2.17. The molecule has 3 amide bonds. The third-order valence-electron chi connectivity index (χ3n) is 2.11. The molecule has 0 saturated heterocycles. The second-order valence-electron chi connectivity index (χ2n) is 3.48. The van der Waals surface area contributed by atoms with E-state index in [1.54, 1.807) is 6.92 Å². The van der Waals surface area contributed by atoms with E-state index in [-0.39, 0.29) is 11.9 Å². The zero-order chi connectivity index (χ0) is 12.7. The molecule has 0 aromatic rings. The van der Waals surface area contributed by atoms with Crippen molar-refractivity contribution >= 4 is 11.9 Å². The van der Waals surface area contributed by atoms with Crippen LogP contribution in [0.1, 0.15) is 19.8 Å². The van der Waals surface area contributed by atoms with Gasteiger partial charge in [0.1, 0.15) is 0 Å². The Morgan fingerprint density at radius 1 is 1.65 bits per heavy atom. The van der Waals surface area contributed by atoms with Gasteiger partial charge in [0.25, 0.3) is 5.91 Å². The fourth-order valence-electron chi connectivity index (χ4n) is 1.36. The highest BCUT2D eigenvalue weighted by atomic mass is 19.1. The van der Waals surface area contributed by atoms with Crippen molar-refractivity contribution < 1.29 is 18.7 Å². The first-order valence-corrected chi connectivity index (χ1v) is 5.37. The van der Waals surface area contributed by atoms with Gasteiger partial charge in [0.15, 0.2) is 0 Å². The molecule has 6 heteroatoms. The Morgan fingerprint density at radius 2 is 2.41 bits per heavy atom. The van der Waals surface area contributed by atoms with Crippen molar-refractivity contribution in [1.82, 2.24) is 10.6 Å². The van der Waals surface area contributed by atoms with E-state index in [2.05, 4.69) is 10.6 Å². The minimum atomic E-state index is -0.646. The van der Waals surface area contributed by atoms with Gasteiger partial charge in [-0.3, -0.25) is 10.1 Å². The predicted molar refractivity (Wildman–Crippen MR) is 59.7 cm³/mol. The van der Waals surface area contributed by atoms with Crippen molar-refractivity contribution in [3.05, 3.63) is 24.2 Å². The van der Waals surface area contributed by atoms with Crippen LogP contribution in [-0.2, 0) is 9.53 Å². The number of urea groups is 1. The first-order valence-electron chi connectivity index (χ1n) is 5.37. The molecule has 0 aromatic heterocycles. The van der Waals surface area contributed by atoms with Crippen LogP contribution in [0.3, 0.4) is 0 Å². The number of nitrogens with one attached hydrogen (secondary N) is 2. The first kappa shape index (κ1) is 13.2. The number of rotatable bonds is 4. The predicted octanol–water partition coefficient (Wildman–Crippen LogP) is 1.38. The van der Waals surface area contributed by atoms with Crippen LogP contribution in [0.25, 0.3) is 0 Å². The third kappa shape index (κ3) is 5.14. The number of imide groups is 1. The molecular weight excluding hydrogens is 227 g/mol. The van der Waals surface area contributed by atoms with E-state index >= 15 is 0 Å². The maximum atomic E-state index is 12.7. The Hall–Kier alpha value is -1.85. The van der Waals surface area contributed by atoms with Crippen LogP contribution in [-0.4, -0.2) is 24.6 Å². The molecule has 0 radical (unpaired) electrons. The number of hydrogen-bond donors (Lipinski definition) is 2. The van der Waals surface area contributed by atoms with Gasteiger partial charge in [-0.25, -0.2) is 9.18 Å². The molecule has 17 heavy (non-hydrogen) atoms. The summed E-state index contributed by atoms with van der Waals surface area (Å²) in [7, 11) is 0. The molecule has 1 rings (SSSR count). The van der Waals surface area contributed by atoms with Gasteiger partial charge in [0, 0.05) is 12.5 Å². The lowest BCUT2D eigenvalue weighted by Crippen LogP contribution is -2.42. The van der Waals surface area contributed by atoms with Crippen LogP contribution in [0.4, 0.5) is 9.18 Å². The number of hydrogen-bond acceptors (Lipinski definition) is 3. The Bertz CT molecular complexity index is 353. The summed E-state index contributed by atoms with van der Waals surface area (Å²) in [6, 6.07) is -0.995. The number of carbonyl (C=O) groups excluding carboxylic acids is 2. The van der Waals surface area contributed by atoms with E-state index in [9.17, 15) is 14.0 Å². The molecule has 0 fully saturated rings. The van der Waals surface area contributed by atoms with Crippen molar-refractivity contribution in [2.45, 2.75) is 25.8 Å². The Kier molecular flexibility index (Phi) is 5.19. The SMILES string of the molecule is CCO/C=C/C(=O)NC(=O)NC1C=C(F)CC1. The van der Waals surface area contributed by atoms with Gasteiger partial charge >= 0.3 is 6.03 Å². The smallest absolute Gasteiger partial charge is 0.322 e. The topological polar surface area (TPSA) is 67.4 Å². The van der Waals surface area contributed by atoms with Crippen molar-refractivity contribution in [2.24, 2.45) is 0 Å². The zero-order valence-corrected chi connectivity index (χ0v) is 9.53. The van der Waals surface area contributed by atoms with Crippen LogP contribution < -0.4 is 10.6 Å². The maximum absolute atomic E-state index is 12.7. The summed E-state index contributed by atoms with van der Waals surface area (Å²) in [4.78, 5) is 22.4. The van der Waals surface area contributed by atoms with E-state index in [1.807, 2.05) is 0 Å². The Balaban J connectivity index is 2.27. The fourth-order valence-corrected chi connectivity index (χ4v) is 1.36. The lowest BCUT2D eigenvalue weighted by atomic mass is 10.3. The van der Waals surface area contributed by atoms with Crippen molar-refractivity contribution in [2.75, 3.05) is 6.61 Å². The van der Waals surface area contributed by atoms with Crippen LogP contribution in [0, 0.1) is 0 Å². The summed E-state index contributed by atoms with van der Waals surface area (Å²) >= 11 is 0. The van der Waals surface area contributed by atoms with Crippen molar-refractivity contribution in [1.29, 1.82) is 0 Å². The second kappa shape index (κ2) is 6.67. The van der Waals surface area contributed by atoms with Crippen molar-refractivity contribution in [3.63, 3.8) is 0 Å². The van der Waals surface area contributed by atoms with Crippen molar-refractivity contribution in [3.8, 4) is 0 Å². The van der Waals surface area contributed by atoms with Gasteiger partial charge in [-0.2, -0.15) is 0 Å². The molecule has 0 saturated carbocycles. The highest BCUT2D eigenvalue weighted by molar-refractivity contribution is 6.00. The van der Waals surface area contributed by atoms with E-state index in [0.29, 0.717) is 19.4 Å². The van der Waals surface area contributed by atoms with Gasteiger partial charge in [0.2, 0.25) is 0 Å². The highest BCUT2D eigenvalue weighted by Crippen LogP contribution is 2.18. The third-order valence-corrected chi connectivity index (χ3v) is 2.11. The average Bonchev–Trinajstić information content (AvgIpc) is 2.64. The number of allylic oxidation sites excluding steroid dienone is 1. The summed E-state index contributed by atoms with van der Waals surface area (Å²) in [6.45, 7) is 2.22. The summed E-state index contributed by atoms with van der Waals surface area (Å²) < 4.78 is 17.5. The normalized spacial score (nSPS) is 18.9. The van der Waals surface area contributed by atoms with E-state index in [4.69, 9.17) is 4.74 Å². The van der Waals surface area contributed by atoms with E-state index < -0.39 is 11.9 Å². The summed E-state index contributed by atoms with van der Waals surface area (Å²) in [5.41, 5.74) is 0. The molecule has 1 atom stereocenters. The van der Waals surface area contributed by atoms with Crippen LogP contribution in [0.15, 0.2) is 24.2 Å². The second-order valence-corrected chi connectivity index (χ2v) is 3.48. The molecule has 0 heterocycles. The number of carbonyl (C=O) groups is 2. The maximum Gasteiger partial charge on any atom is 0.322 e. The number of amides is 3. The molecule has 2 N–H and O–H groups in total. The fraction of sp³-hybridized carbons (Fsp3) is 0.455. The Morgan fingerprint density at radius 3 is 3.00 bits per heavy atom. The average molecular weight is 242 g/mol. The number of ether oxygens (including phenoxy) is 1. The van der Waals surface area contributed by atoms with Gasteiger partial charge < -0.3 is 10.1 Å². The van der Waals surface area contributed by atoms with E-state index in [1.165, 1.54) is 12.3 Å². The molecule has 1 aliphatic carbocycles. The molecule has 5 nitrogen and oxygen atoms in total. The monoisotopic (exact) mass is 242 g/mol. The minimum absolute atomic E-state index is 0.238. The molecule has 0 aromatic carbocycles. The first-order chi connectivity index (χ1) is 8.11. The Labute approximate surface area is 98.7 Å². The summed E-state index contributed by atoms with van der Waals surface area (Å²) in [5, 5.41) is 4.54. The minimum Gasteiger partial charge on any atom is -0.501 e. The lowest BCUT2D eigenvalue weighted by Gasteiger charge is -2.09. The standard InChI is InChI=1S/C11H15FN2O3/c1-2-17-6-5-10(15)14-11(16)13-9-4-3-8(12)7-9/h5-7,9H,2-4H2,1H3,(H2,13,14,15,16)/b6-5+. The van der Waals surface area contributed by atoms with Crippen LogP contribution >= 0.6 is 0 Å². The summed E-state index contributed by atoms with van der Waals surface area (Å²) in [5.74, 6) is -0.823. The largest absolute Gasteiger partial charge is 0.501 e. The van der Waals surface area contributed by atoms with Gasteiger partial charge in [-0.15, -0.1) is 0 Å². The molecule has 1 aliphatic rings. The molecule has 0 aliphatic heterocycles. The zero-order valence-electron chi connectivity index (χ0n) is 9.53. The molecular formula is C11H15FN2O3. The molecule has 94 valence electrons. The lowest BCUT2D eigenvalue weighted by molar-refractivity contribution is -0.115. The van der Waals surface area contributed by atoms with Crippen LogP contribution in [0.2, 0.25) is 0 Å². The van der Waals surface area contributed by atoms with Gasteiger partial charge in [-0.05, 0) is 19.4 Å². The molecule has 0 bridgehead atoms. The molecule has 0 spiro atoms. The van der Waals surface area contributed by atoms with Gasteiger partial charge in [-0.1, -0.05) is 0 Å². The quantitative estimate of drug-likeness (QED) is 0.578. The number of halogens is 1. The van der Waals surface area contributed by atoms with E-state index in [0.717, 1.165) is 6.08 Å². The molecule has 1 unspecified atom stereocenters. The summed E-state index contributed by atoms with van der Waals surface area (Å²) in [6.07, 6.45) is 4.48.